The summed E-state index contributed by atoms with van der Waals surface area (Å²) in [5.41, 5.74) is 1.26. The van der Waals surface area contributed by atoms with E-state index in [1.807, 2.05) is 6.07 Å². The smallest absolute Gasteiger partial charge is 0.160 e. The highest BCUT2D eigenvalue weighted by Crippen LogP contribution is 2.34. The Morgan fingerprint density at radius 2 is 1.91 bits per heavy atom. The molecule has 1 aromatic rings. The largest absolute Gasteiger partial charge is 0.493 e. The second-order valence-corrected chi connectivity index (χ2v) is 6.65. The summed E-state index contributed by atoms with van der Waals surface area (Å²) in [7, 11) is 3.33. The van der Waals surface area contributed by atoms with Gasteiger partial charge in [0.05, 0.1) is 14.2 Å². The Bertz CT molecular complexity index is 558. The number of benzene rings is 1. The molecule has 0 amide bonds. The maximum Gasteiger partial charge on any atom is 0.160 e. The number of carbonyl (C=O) groups is 1. The average molecular weight is 317 g/mol. The number of fused-ring (bicyclic) bond motifs is 1. The van der Waals surface area contributed by atoms with Gasteiger partial charge >= 0.3 is 0 Å². The number of Topliss-reactive ketones (excluding diaryl/α,β-unsaturated/α-hetero) is 1. The molecule has 1 aliphatic carbocycles. The van der Waals surface area contributed by atoms with Crippen LogP contribution in [0.5, 0.6) is 11.5 Å². The Hall–Kier alpha value is -1.55. The maximum absolute atomic E-state index is 12.1. The summed E-state index contributed by atoms with van der Waals surface area (Å²) >= 11 is 0. The van der Waals surface area contributed by atoms with Crippen molar-refractivity contribution < 1.29 is 14.3 Å². The molecule has 126 valence electrons. The van der Waals surface area contributed by atoms with Gasteiger partial charge in [-0.05, 0) is 37.0 Å². The standard InChI is InChI=1S/C19H27NO3/c1-22-18-8-7-14(13-19(18)23-2)9-11-20-12-10-17(21)15-5-3-4-6-16(15)20/h7-8,13,15-16H,3-6,9-12H2,1-2H3/t15-,16-/m1/s1. The third-order valence-corrected chi connectivity index (χ3v) is 5.39. The van der Waals surface area contributed by atoms with E-state index in [2.05, 4.69) is 17.0 Å². The van der Waals surface area contributed by atoms with Crippen molar-refractivity contribution in [2.75, 3.05) is 27.3 Å². The van der Waals surface area contributed by atoms with E-state index >= 15 is 0 Å². The maximum atomic E-state index is 12.1. The van der Waals surface area contributed by atoms with Crippen molar-refractivity contribution in [3.05, 3.63) is 23.8 Å². The number of piperidine rings is 1. The normalized spacial score (nSPS) is 25.0. The van der Waals surface area contributed by atoms with Gasteiger partial charge in [0.1, 0.15) is 5.78 Å². The molecule has 0 unspecified atom stereocenters. The Morgan fingerprint density at radius 1 is 1.13 bits per heavy atom. The van der Waals surface area contributed by atoms with Gasteiger partial charge in [-0.15, -0.1) is 0 Å². The molecule has 1 saturated heterocycles. The van der Waals surface area contributed by atoms with E-state index in [1.165, 1.54) is 24.8 Å². The van der Waals surface area contributed by atoms with Crippen molar-refractivity contribution in [1.82, 2.24) is 4.90 Å². The lowest BCUT2D eigenvalue weighted by Gasteiger charge is -2.43. The molecule has 1 aliphatic heterocycles. The fourth-order valence-electron chi connectivity index (χ4n) is 4.12. The molecule has 2 aliphatic rings. The Balaban J connectivity index is 1.64. The molecule has 0 radical (unpaired) electrons. The quantitative estimate of drug-likeness (QED) is 0.836. The van der Waals surface area contributed by atoms with Crippen molar-refractivity contribution >= 4 is 5.78 Å². The lowest BCUT2D eigenvalue weighted by atomic mass is 9.77. The summed E-state index contributed by atoms with van der Waals surface area (Å²) in [6.07, 6.45) is 6.47. The van der Waals surface area contributed by atoms with E-state index in [0.717, 1.165) is 43.9 Å². The predicted molar refractivity (Wildman–Crippen MR) is 90.2 cm³/mol. The minimum Gasteiger partial charge on any atom is -0.493 e. The SMILES string of the molecule is COc1ccc(CCN2CCC(=O)[C@@H]3CCCC[C@H]32)cc1OC. The summed E-state index contributed by atoms with van der Waals surface area (Å²) in [6, 6.07) is 6.61. The molecule has 23 heavy (non-hydrogen) atoms. The molecular weight excluding hydrogens is 290 g/mol. The van der Waals surface area contributed by atoms with Crippen LogP contribution in [0, 0.1) is 5.92 Å². The number of methoxy groups -OCH3 is 2. The molecule has 0 aromatic heterocycles. The number of rotatable bonds is 5. The number of ketones is 1. The number of nitrogens with zero attached hydrogens (tertiary/aromatic N) is 1. The van der Waals surface area contributed by atoms with Crippen molar-refractivity contribution in [2.24, 2.45) is 5.92 Å². The van der Waals surface area contributed by atoms with Gasteiger partial charge in [-0.1, -0.05) is 18.9 Å². The highest BCUT2D eigenvalue weighted by molar-refractivity contribution is 5.82. The number of ether oxygens (including phenoxy) is 2. The molecule has 0 N–H and O–H groups in total. The lowest BCUT2D eigenvalue weighted by Crippen LogP contribution is -2.51. The van der Waals surface area contributed by atoms with Crippen LogP contribution in [0.15, 0.2) is 18.2 Å². The summed E-state index contributed by atoms with van der Waals surface area (Å²) in [4.78, 5) is 14.7. The topological polar surface area (TPSA) is 38.8 Å². The van der Waals surface area contributed by atoms with E-state index in [-0.39, 0.29) is 0 Å². The molecule has 1 heterocycles. The first kappa shape index (κ1) is 16.3. The van der Waals surface area contributed by atoms with Gasteiger partial charge in [0.25, 0.3) is 0 Å². The minimum atomic E-state index is 0.294. The Kier molecular flexibility index (Phi) is 5.21. The van der Waals surface area contributed by atoms with Crippen LogP contribution in [-0.4, -0.2) is 44.0 Å². The van der Waals surface area contributed by atoms with E-state index in [9.17, 15) is 4.79 Å². The first-order valence-corrected chi connectivity index (χ1v) is 8.70. The Morgan fingerprint density at radius 3 is 2.70 bits per heavy atom. The lowest BCUT2D eigenvalue weighted by molar-refractivity contribution is -0.130. The van der Waals surface area contributed by atoms with Crippen molar-refractivity contribution in [3.63, 3.8) is 0 Å². The summed E-state index contributed by atoms with van der Waals surface area (Å²) in [5.74, 6) is 2.35. The van der Waals surface area contributed by atoms with Gasteiger partial charge in [0.2, 0.25) is 0 Å². The van der Waals surface area contributed by atoms with Gasteiger partial charge in [0.15, 0.2) is 11.5 Å². The summed E-state index contributed by atoms with van der Waals surface area (Å²) in [6.45, 7) is 1.94. The number of carbonyl (C=O) groups excluding carboxylic acids is 1. The first-order chi connectivity index (χ1) is 11.2. The van der Waals surface area contributed by atoms with Crippen molar-refractivity contribution in [3.8, 4) is 11.5 Å². The zero-order valence-electron chi connectivity index (χ0n) is 14.2. The van der Waals surface area contributed by atoms with Crippen LogP contribution in [0.1, 0.15) is 37.7 Å². The predicted octanol–water partition coefficient (Wildman–Crippen LogP) is 3.08. The molecule has 2 fully saturated rings. The second kappa shape index (κ2) is 7.35. The van der Waals surface area contributed by atoms with E-state index in [1.54, 1.807) is 14.2 Å². The molecule has 4 nitrogen and oxygen atoms in total. The molecule has 3 rings (SSSR count). The molecule has 4 heteroatoms. The minimum absolute atomic E-state index is 0.294. The summed E-state index contributed by atoms with van der Waals surface area (Å²) < 4.78 is 10.7. The average Bonchev–Trinajstić information content (AvgIpc) is 2.61. The highest BCUT2D eigenvalue weighted by Gasteiger charge is 2.37. The zero-order valence-corrected chi connectivity index (χ0v) is 14.2. The van der Waals surface area contributed by atoms with E-state index < -0.39 is 0 Å². The zero-order chi connectivity index (χ0) is 16.2. The van der Waals surface area contributed by atoms with Gasteiger partial charge in [-0.3, -0.25) is 9.69 Å². The van der Waals surface area contributed by atoms with Crippen LogP contribution in [0.2, 0.25) is 0 Å². The van der Waals surface area contributed by atoms with Crippen molar-refractivity contribution in [2.45, 2.75) is 44.6 Å². The second-order valence-electron chi connectivity index (χ2n) is 6.65. The van der Waals surface area contributed by atoms with Gasteiger partial charge in [-0.2, -0.15) is 0 Å². The number of hydrogen-bond donors (Lipinski definition) is 0. The van der Waals surface area contributed by atoms with E-state index in [4.69, 9.17) is 9.47 Å². The van der Waals surface area contributed by atoms with Crippen LogP contribution in [0.4, 0.5) is 0 Å². The monoisotopic (exact) mass is 317 g/mol. The molecule has 1 saturated carbocycles. The first-order valence-electron chi connectivity index (χ1n) is 8.70. The molecule has 1 aromatic carbocycles. The van der Waals surface area contributed by atoms with Crippen LogP contribution in [0.25, 0.3) is 0 Å². The fourth-order valence-corrected chi connectivity index (χ4v) is 4.12. The van der Waals surface area contributed by atoms with Gasteiger partial charge in [0, 0.05) is 31.5 Å². The molecule has 0 bridgehead atoms. The van der Waals surface area contributed by atoms with Gasteiger partial charge < -0.3 is 9.47 Å². The third-order valence-electron chi connectivity index (χ3n) is 5.39. The molecule has 2 atom stereocenters. The van der Waals surface area contributed by atoms with Gasteiger partial charge in [-0.25, -0.2) is 0 Å². The van der Waals surface area contributed by atoms with Crippen LogP contribution >= 0.6 is 0 Å². The number of likely N-dealkylation sites (tertiary alicyclic amines) is 1. The number of hydrogen-bond acceptors (Lipinski definition) is 4. The van der Waals surface area contributed by atoms with Crippen molar-refractivity contribution in [1.29, 1.82) is 0 Å². The molecular formula is C19H27NO3. The van der Waals surface area contributed by atoms with Crippen LogP contribution in [0.3, 0.4) is 0 Å². The highest BCUT2D eigenvalue weighted by atomic mass is 16.5. The van der Waals surface area contributed by atoms with Crippen LogP contribution < -0.4 is 9.47 Å². The third kappa shape index (κ3) is 3.52. The van der Waals surface area contributed by atoms with E-state index in [0.29, 0.717) is 17.7 Å². The van der Waals surface area contributed by atoms with Crippen LogP contribution in [-0.2, 0) is 11.2 Å². The fraction of sp³-hybridized carbons (Fsp3) is 0.632. The summed E-state index contributed by atoms with van der Waals surface area (Å²) in [5, 5.41) is 0. The molecule has 0 spiro atoms. The Labute approximate surface area is 138 Å².